The molecule has 2 heterocycles. The number of aromatic nitrogens is 3. The van der Waals surface area contributed by atoms with E-state index in [1.54, 1.807) is 0 Å². The molecule has 2 aromatic rings. The minimum absolute atomic E-state index is 0.0748. The van der Waals surface area contributed by atoms with Gasteiger partial charge in [-0.25, -0.2) is 9.50 Å². The lowest BCUT2D eigenvalue weighted by atomic mass is 10.5. The first-order valence-corrected chi connectivity index (χ1v) is 7.74. The Balaban J connectivity index is 2.53. The third-order valence-corrected chi connectivity index (χ3v) is 2.86. The molecule has 0 fully saturated rings. The van der Waals surface area contributed by atoms with Gasteiger partial charge in [-0.05, 0) is 22.5 Å². The van der Waals surface area contributed by atoms with Gasteiger partial charge in [0.05, 0.1) is 0 Å². The lowest BCUT2D eigenvalue weighted by Crippen LogP contribution is -1.97. The molecular weight excluding hydrogens is 300 g/mol. The van der Waals surface area contributed by atoms with Gasteiger partial charge in [0, 0.05) is 12.1 Å². The van der Waals surface area contributed by atoms with E-state index in [1.165, 1.54) is 6.07 Å². The van der Waals surface area contributed by atoms with E-state index < -0.39 is 11.9 Å². The number of halogens is 4. The molecule has 0 atom stereocenters. The Bertz CT molecular complexity index is 597. The lowest BCUT2D eigenvalue weighted by Gasteiger charge is -2.06. The molecule has 5 nitrogen and oxygen atoms in total. The summed E-state index contributed by atoms with van der Waals surface area (Å²) in [5.41, 5.74) is 0.147. The Kier molecular flexibility index (Phi) is 3.01. The van der Waals surface area contributed by atoms with Crippen LogP contribution >= 0.6 is 40.1 Å². The summed E-state index contributed by atoms with van der Waals surface area (Å²) in [6, 6.07) is 2.34. The van der Waals surface area contributed by atoms with Gasteiger partial charge in [-0.1, -0.05) is 11.6 Å². The van der Waals surface area contributed by atoms with Crippen LogP contribution in [-0.2, 0) is 4.57 Å². The highest BCUT2D eigenvalue weighted by Gasteiger charge is 2.16. The smallest absolute Gasteiger partial charge is 0.297 e. The van der Waals surface area contributed by atoms with Crippen LogP contribution in [0, 0.1) is 5.95 Å². The van der Waals surface area contributed by atoms with Gasteiger partial charge in [0.15, 0.2) is 5.65 Å². The fraction of sp³-hybridized carbons (Fsp3) is 0. The highest BCUT2D eigenvalue weighted by molar-refractivity contribution is 8.09. The van der Waals surface area contributed by atoms with E-state index in [-0.39, 0.29) is 16.6 Å². The molecule has 86 valence electrons. The third kappa shape index (κ3) is 2.58. The van der Waals surface area contributed by atoms with Crippen molar-refractivity contribution >= 4 is 51.5 Å². The zero-order valence-electron chi connectivity index (χ0n) is 7.36. The number of hydrogen-bond donors (Lipinski definition) is 1. The molecule has 0 saturated heterocycles. The van der Waals surface area contributed by atoms with Gasteiger partial charge < -0.3 is 0 Å². The van der Waals surface area contributed by atoms with Crippen molar-refractivity contribution in [3.05, 3.63) is 23.2 Å². The minimum atomic E-state index is -3.53. The second kappa shape index (κ2) is 4.04. The summed E-state index contributed by atoms with van der Waals surface area (Å²) < 4.78 is 25.0. The van der Waals surface area contributed by atoms with Crippen molar-refractivity contribution < 1.29 is 8.96 Å². The maximum atomic E-state index is 12.8. The molecule has 0 aliphatic rings. The summed E-state index contributed by atoms with van der Waals surface area (Å²) in [4.78, 5) is 3.87. The Labute approximate surface area is 104 Å². The number of rotatable bonds is 2. The number of hydrogen-bond acceptors (Lipinski definition) is 3. The molecule has 0 aromatic carbocycles. The monoisotopic (exact) mass is 302 g/mol. The molecule has 0 saturated carbocycles. The standard InChI is InChI=1S/C6H3Cl3FN4OP/c7-3-1-5(13-16(8,9)15)11-6-2-4(10)12-14(3)6/h1-2H,(H,11,13,15). The molecule has 0 radical (unpaired) electrons. The van der Waals surface area contributed by atoms with Crippen LogP contribution in [0.25, 0.3) is 5.65 Å². The summed E-state index contributed by atoms with van der Waals surface area (Å²) >= 11 is 16.4. The first-order valence-electron chi connectivity index (χ1n) is 3.84. The Morgan fingerprint density at radius 3 is 2.75 bits per heavy atom. The van der Waals surface area contributed by atoms with Crippen LogP contribution in [0.1, 0.15) is 0 Å². The summed E-state index contributed by atoms with van der Waals surface area (Å²) in [6.45, 7) is 0. The van der Waals surface area contributed by atoms with Gasteiger partial charge >= 0.3 is 6.00 Å². The second-order valence-corrected chi connectivity index (χ2v) is 7.69. The van der Waals surface area contributed by atoms with Gasteiger partial charge in [-0.15, -0.1) is 5.10 Å². The number of anilines is 1. The van der Waals surface area contributed by atoms with Crippen molar-refractivity contribution in [2.24, 2.45) is 0 Å². The zero-order chi connectivity index (χ0) is 11.9. The fourth-order valence-electron chi connectivity index (χ4n) is 1.10. The van der Waals surface area contributed by atoms with E-state index in [4.69, 9.17) is 34.1 Å². The normalized spacial score (nSPS) is 12.0. The van der Waals surface area contributed by atoms with Gasteiger partial charge in [0.1, 0.15) is 11.0 Å². The molecule has 0 amide bonds. The van der Waals surface area contributed by atoms with E-state index >= 15 is 0 Å². The molecule has 0 bridgehead atoms. The van der Waals surface area contributed by atoms with Crippen LogP contribution in [-0.4, -0.2) is 14.6 Å². The summed E-state index contributed by atoms with van der Waals surface area (Å²) in [5, 5.41) is 5.78. The molecule has 0 spiro atoms. The molecule has 16 heavy (non-hydrogen) atoms. The van der Waals surface area contributed by atoms with E-state index in [2.05, 4.69) is 15.2 Å². The second-order valence-electron chi connectivity index (χ2n) is 2.78. The Morgan fingerprint density at radius 2 is 2.12 bits per heavy atom. The van der Waals surface area contributed by atoms with Gasteiger partial charge in [-0.2, -0.15) is 4.39 Å². The van der Waals surface area contributed by atoms with Crippen LogP contribution < -0.4 is 5.09 Å². The van der Waals surface area contributed by atoms with E-state index in [0.717, 1.165) is 10.6 Å². The minimum Gasteiger partial charge on any atom is -0.297 e. The van der Waals surface area contributed by atoms with Crippen LogP contribution in [0.3, 0.4) is 0 Å². The van der Waals surface area contributed by atoms with E-state index in [9.17, 15) is 8.96 Å². The average molecular weight is 303 g/mol. The predicted octanol–water partition coefficient (Wildman–Crippen LogP) is 3.52. The average Bonchev–Trinajstić information content (AvgIpc) is 2.42. The summed E-state index contributed by atoms with van der Waals surface area (Å²) in [6.07, 6.45) is 0. The Hall–Kier alpha value is -0.550. The lowest BCUT2D eigenvalue weighted by molar-refractivity contribution is 0.571. The zero-order valence-corrected chi connectivity index (χ0v) is 10.5. The summed E-state index contributed by atoms with van der Waals surface area (Å²) in [7, 11) is 0. The quantitative estimate of drug-likeness (QED) is 0.681. The van der Waals surface area contributed by atoms with E-state index in [1.807, 2.05) is 0 Å². The number of nitrogens with one attached hydrogen (secondary N) is 1. The first kappa shape index (κ1) is 11.9. The van der Waals surface area contributed by atoms with Crippen molar-refractivity contribution in [1.29, 1.82) is 0 Å². The van der Waals surface area contributed by atoms with Crippen molar-refractivity contribution in [2.45, 2.75) is 0 Å². The number of fused-ring (bicyclic) bond motifs is 1. The van der Waals surface area contributed by atoms with Crippen LogP contribution in [0.5, 0.6) is 0 Å². The van der Waals surface area contributed by atoms with E-state index in [0.29, 0.717) is 0 Å². The van der Waals surface area contributed by atoms with Gasteiger partial charge in [0.2, 0.25) is 5.95 Å². The molecule has 0 aliphatic carbocycles. The molecule has 10 heteroatoms. The molecular formula is C6H3Cl3FN4OP. The van der Waals surface area contributed by atoms with Crippen molar-refractivity contribution in [3.8, 4) is 0 Å². The summed E-state index contributed by atoms with van der Waals surface area (Å²) in [5.74, 6) is -4.18. The van der Waals surface area contributed by atoms with Crippen molar-refractivity contribution in [3.63, 3.8) is 0 Å². The molecule has 0 aliphatic heterocycles. The predicted molar refractivity (Wildman–Crippen MR) is 60.9 cm³/mol. The SMILES string of the molecule is O=P(Cl)(Cl)Nc1cc(Cl)n2nc(F)cc2n1. The van der Waals surface area contributed by atoms with Crippen LogP contribution in [0.4, 0.5) is 10.2 Å². The maximum absolute atomic E-state index is 12.8. The first-order chi connectivity index (χ1) is 7.35. The van der Waals surface area contributed by atoms with Gasteiger partial charge in [-0.3, -0.25) is 9.65 Å². The molecule has 0 unspecified atom stereocenters. The Morgan fingerprint density at radius 1 is 1.44 bits per heavy atom. The highest BCUT2D eigenvalue weighted by atomic mass is 35.9. The van der Waals surface area contributed by atoms with Crippen LogP contribution in [0.2, 0.25) is 5.15 Å². The maximum Gasteiger partial charge on any atom is 0.344 e. The largest absolute Gasteiger partial charge is 0.344 e. The fourth-order valence-corrected chi connectivity index (χ4v) is 2.23. The third-order valence-electron chi connectivity index (χ3n) is 1.60. The topological polar surface area (TPSA) is 59.3 Å². The van der Waals surface area contributed by atoms with Crippen LogP contribution in [0.15, 0.2) is 12.1 Å². The van der Waals surface area contributed by atoms with Crippen molar-refractivity contribution in [1.82, 2.24) is 14.6 Å². The molecule has 1 N–H and O–H groups in total. The van der Waals surface area contributed by atoms with Gasteiger partial charge in [0.25, 0.3) is 0 Å². The number of nitrogens with zero attached hydrogens (tertiary/aromatic N) is 3. The molecule has 2 rings (SSSR count). The molecule has 2 aromatic heterocycles. The van der Waals surface area contributed by atoms with Crippen molar-refractivity contribution in [2.75, 3.05) is 5.09 Å². The highest BCUT2D eigenvalue weighted by Crippen LogP contribution is 2.55.